The minimum absolute atomic E-state index is 0.0190. The van der Waals surface area contributed by atoms with Crippen LogP contribution in [0.3, 0.4) is 0 Å². The Kier molecular flexibility index (Phi) is 4.20. The first-order chi connectivity index (χ1) is 13.0. The van der Waals surface area contributed by atoms with Gasteiger partial charge in [0.15, 0.2) is 0 Å². The number of pyridine rings is 1. The van der Waals surface area contributed by atoms with Gasteiger partial charge >= 0.3 is 0 Å². The fourth-order valence-electron chi connectivity index (χ4n) is 2.97. The highest BCUT2D eigenvalue weighted by Gasteiger charge is 2.13. The van der Waals surface area contributed by atoms with E-state index in [4.69, 9.17) is 0 Å². The van der Waals surface area contributed by atoms with E-state index in [0.717, 1.165) is 28.0 Å². The molecule has 2 aromatic carbocycles. The maximum absolute atomic E-state index is 13.9. The number of nitrogens with one attached hydrogen (secondary N) is 1. The third kappa shape index (κ3) is 3.31. The van der Waals surface area contributed by atoms with Crippen LogP contribution in [0.25, 0.3) is 16.9 Å². The van der Waals surface area contributed by atoms with Crippen molar-refractivity contribution in [3.05, 3.63) is 89.5 Å². The molecule has 1 amide bonds. The Labute approximate surface area is 156 Å². The number of nitrogens with zero attached hydrogens (tertiary/aromatic N) is 2. The average molecular weight is 359 g/mol. The van der Waals surface area contributed by atoms with Crippen molar-refractivity contribution in [1.29, 1.82) is 0 Å². The number of hydrogen-bond acceptors (Lipinski definition) is 2. The Bertz CT molecular complexity index is 1160. The van der Waals surface area contributed by atoms with E-state index >= 15 is 0 Å². The second-order valence-corrected chi connectivity index (χ2v) is 6.56. The summed E-state index contributed by atoms with van der Waals surface area (Å²) in [5, 5.41) is 2.81. The predicted molar refractivity (Wildman–Crippen MR) is 104 cm³/mol. The van der Waals surface area contributed by atoms with Crippen molar-refractivity contribution in [2.24, 2.45) is 0 Å². The standard InChI is InChI=1S/C22H18FN3O/c1-14-9-10-26-13-20(24-21(26)11-14)16-8-7-15(2)19(12-16)25-22(27)17-5-3-4-6-18(17)23/h3-13H,1-2H3,(H,25,27). The fraction of sp³-hybridized carbons (Fsp3) is 0.0909. The van der Waals surface area contributed by atoms with Crippen molar-refractivity contribution >= 4 is 17.2 Å². The Balaban J connectivity index is 1.68. The largest absolute Gasteiger partial charge is 0.322 e. The van der Waals surface area contributed by atoms with Crippen LogP contribution in [0.2, 0.25) is 0 Å². The zero-order valence-corrected chi connectivity index (χ0v) is 15.0. The van der Waals surface area contributed by atoms with Gasteiger partial charge in [-0.3, -0.25) is 4.79 Å². The van der Waals surface area contributed by atoms with E-state index in [1.807, 2.05) is 61.0 Å². The van der Waals surface area contributed by atoms with E-state index < -0.39 is 11.7 Å². The minimum Gasteiger partial charge on any atom is -0.322 e. The number of carbonyl (C=O) groups excluding carboxylic acids is 1. The van der Waals surface area contributed by atoms with E-state index in [1.165, 1.54) is 12.1 Å². The van der Waals surface area contributed by atoms with E-state index in [1.54, 1.807) is 12.1 Å². The maximum Gasteiger partial charge on any atom is 0.258 e. The molecule has 0 saturated carbocycles. The smallest absolute Gasteiger partial charge is 0.258 e. The average Bonchev–Trinajstić information content (AvgIpc) is 3.07. The number of amides is 1. The number of imidazole rings is 1. The molecule has 4 nitrogen and oxygen atoms in total. The molecular weight excluding hydrogens is 341 g/mol. The SMILES string of the molecule is Cc1ccn2cc(-c3ccc(C)c(NC(=O)c4ccccc4F)c3)nc2c1. The number of aromatic nitrogens is 2. The first-order valence-electron chi connectivity index (χ1n) is 8.63. The van der Waals surface area contributed by atoms with Crippen LogP contribution in [0.15, 0.2) is 67.0 Å². The minimum atomic E-state index is -0.542. The van der Waals surface area contributed by atoms with Gasteiger partial charge in [0.25, 0.3) is 5.91 Å². The van der Waals surface area contributed by atoms with Crippen molar-refractivity contribution < 1.29 is 9.18 Å². The molecule has 2 heterocycles. The number of carbonyl (C=O) groups is 1. The lowest BCUT2D eigenvalue weighted by Crippen LogP contribution is -2.14. The third-order valence-corrected chi connectivity index (χ3v) is 4.52. The molecule has 0 unspecified atom stereocenters. The van der Waals surface area contributed by atoms with Crippen molar-refractivity contribution in [1.82, 2.24) is 9.38 Å². The van der Waals surface area contributed by atoms with Crippen LogP contribution in [0.1, 0.15) is 21.5 Å². The summed E-state index contributed by atoms with van der Waals surface area (Å²) in [5.74, 6) is -1.02. The Morgan fingerprint density at radius 3 is 2.70 bits per heavy atom. The topological polar surface area (TPSA) is 46.4 Å². The van der Waals surface area contributed by atoms with E-state index in [9.17, 15) is 9.18 Å². The number of aryl methyl sites for hydroxylation is 2. The van der Waals surface area contributed by atoms with Gasteiger partial charge in [0.1, 0.15) is 11.5 Å². The van der Waals surface area contributed by atoms with Gasteiger partial charge in [0, 0.05) is 23.6 Å². The molecule has 0 fully saturated rings. The van der Waals surface area contributed by atoms with Gasteiger partial charge in [-0.1, -0.05) is 24.3 Å². The number of halogens is 1. The molecule has 1 N–H and O–H groups in total. The number of rotatable bonds is 3. The lowest BCUT2D eigenvalue weighted by molar-refractivity contribution is 0.102. The van der Waals surface area contributed by atoms with Crippen LogP contribution in [0.4, 0.5) is 10.1 Å². The Hall–Kier alpha value is -3.47. The number of fused-ring (bicyclic) bond motifs is 1. The van der Waals surface area contributed by atoms with Gasteiger partial charge in [-0.2, -0.15) is 0 Å². The molecule has 0 radical (unpaired) electrons. The monoisotopic (exact) mass is 359 g/mol. The van der Waals surface area contributed by atoms with Crippen LogP contribution in [-0.4, -0.2) is 15.3 Å². The number of anilines is 1. The third-order valence-electron chi connectivity index (χ3n) is 4.52. The van der Waals surface area contributed by atoms with Crippen LogP contribution in [0.5, 0.6) is 0 Å². The highest BCUT2D eigenvalue weighted by molar-refractivity contribution is 6.05. The molecule has 0 atom stereocenters. The molecule has 4 aromatic rings. The summed E-state index contributed by atoms with van der Waals surface area (Å²) in [4.78, 5) is 17.1. The fourth-order valence-corrected chi connectivity index (χ4v) is 2.97. The molecule has 0 saturated heterocycles. The molecule has 0 aliphatic rings. The van der Waals surface area contributed by atoms with Crippen LogP contribution < -0.4 is 5.32 Å². The van der Waals surface area contributed by atoms with Gasteiger partial charge in [0.2, 0.25) is 0 Å². The van der Waals surface area contributed by atoms with Crippen molar-refractivity contribution in [3.8, 4) is 11.3 Å². The molecule has 2 aromatic heterocycles. The van der Waals surface area contributed by atoms with Crippen molar-refractivity contribution in [2.45, 2.75) is 13.8 Å². The highest BCUT2D eigenvalue weighted by Crippen LogP contribution is 2.26. The molecule has 0 aliphatic heterocycles. The summed E-state index contributed by atoms with van der Waals surface area (Å²) >= 11 is 0. The van der Waals surface area contributed by atoms with Gasteiger partial charge in [0.05, 0.1) is 11.3 Å². The summed E-state index contributed by atoms with van der Waals surface area (Å²) in [7, 11) is 0. The first kappa shape index (κ1) is 17.0. The normalized spacial score (nSPS) is 10.9. The lowest BCUT2D eigenvalue weighted by Gasteiger charge is -2.10. The van der Waals surface area contributed by atoms with Crippen LogP contribution >= 0.6 is 0 Å². The van der Waals surface area contributed by atoms with E-state index in [2.05, 4.69) is 10.3 Å². The lowest BCUT2D eigenvalue weighted by atomic mass is 10.1. The summed E-state index contributed by atoms with van der Waals surface area (Å²) < 4.78 is 15.8. The van der Waals surface area contributed by atoms with E-state index in [-0.39, 0.29) is 5.56 Å². The summed E-state index contributed by atoms with van der Waals surface area (Å²) in [6.07, 6.45) is 3.91. The van der Waals surface area contributed by atoms with Crippen molar-refractivity contribution in [2.75, 3.05) is 5.32 Å². The molecule has 0 spiro atoms. The zero-order valence-electron chi connectivity index (χ0n) is 15.0. The summed E-state index contributed by atoms with van der Waals surface area (Å²) in [6.45, 7) is 3.92. The van der Waals surface area contributed by atoms with Gasteiger partial charge in [-0.05, 0) is 55.3 Å². The van der Waals surface area contributed by atoms with Crippen molar-refractivity contribution in [3.63, 3.8) is 0 Å². The molecule has 5 heteroatoms. The quantitative estimate of drug-likeness (QED) is 0.559. The highest BCUT2D eigenvalue weighted by atomic mass is 19.1. The summed E-state index contributed by atoms with van der Waals surface area (Å²) in [6, 6.07) is 15.7. The molecule has 4 rings (SSSR count). The summed E-state index contributed by atoms with van der Waals surface area (Å²) in [5.41, 5.74) is 5.24. The maximum atomic E-state index is 13.9. The second-order valence-electron chi connectivity index (χ2n) is 6.56. The van der Waals surface area contributed by atoms with E-state index in [0.29, 0.717) is 5.69 Å². The number of hydrogen-bond donors (Lipinski definition) is 1. The van der Waals surface area contributed by atoms with Crippen LogP contribution in [-0.2, 0) is 0 Å². The van der Waals surface area contributed by atoms with Gasteiger partial charge in [-0.25, -0.2) is 9.37 Å². The molecular formula is C22H18FN3O. The second kappa shape index (κ2) is 6.68. The predicted octanol–water partition coefficient (Wildman–Crippen LogP) is 5.01. The van der Waals surface area contributed by atoms with Crippen LogP contribution in [0, 0.1) is 19.7 Å². The number of benzene rings is 2. The molecule has 0 bridgehead atoms. The molecule has 0 aliphatic carbocycles. The molecule has 27 heavy (non-hydrogen) atoms. The van der Waals surface area contributed by atoms with Gasteiger partial charge in [-0.15, -0.1) is 0 Å². The molecule has 134 valence electrons. The van der Waals surface area contributed by atoms with Gasteiger partial charge < -0.3 is 9.72 Å². The zero-order chi connectivity index (χ0) is 19.0. The Morgan fingerprint density at radius 1 is 1.07 bits per heavy atom. The Morgan fingerprint density at radius 2 is 1.89 bits per heavy atom. The first-order valence-corrected chi connectivity index (χ1v) is 8.63.